The lowest BCUT2D eigenvalue weighted by Gasteiger charge is -2.28. The molecule has 104 valence electrons. The van der Waals surface area contributed by atoms with Gasteiger partial charge in [0.15, 0.2) is 0 Å². The van der Waals surface area contributed by atoms with Gasteiger partial charge in [0.2, 0.25) is 5.91 Å². The number of halogens is 2. The van der Waals surface area contributed by atoms with Crippen molar-refractivity contribution in [2.45, 2.75) is 12.5 Å². The molecule has 1 fully saturated rings. The van der Waals surface area contributed by atoms with Gasteiger partial charge in [-0.05, 0) is 18.6 Å². The molecule has 0 bridgehead atoms. The lowest BCUT2D eigenvalue weighted by molar-refractivity contribution is -0.123. The number of carbonyl (C=O) groups is 1. The van der Waals surface area contributed by atoms with Crippen molar-refractivity contribution in [1.82, 2.24) is 4.90 Å². The summed E-state index contributed by atoms with van der Waals surface area (Å²) < 4.78 is 20.0. The van der Waals surface area contributed by atoms with Crippen LogP contribution in [0.4, 0.5) is 4.39 Å². The van der Waals surface area contributed by atoms with E-state index in [1.54, 1.807) is 12.1 Å². The highest BCUT2D eigenvalue weighted by Gasteiger charge is 2.28. The van der Waals surface area contributed by atoms with Gasteiger partial charge in [0, 0.05) is 29.7 Å². The van der Waals surface area contributed by atoms with Crippen LogP contribution in [0.15, 0.2) is 22.7 Å². The van der Waals surface area contributed by atoms with Crippen LogP contribution in [0.1, 0.15) is 18.0 Å². The van der Waals surface area contributed by atoms with Crippen LogP contribution in [-0.2, 0) is 9.53 Å². The summed E-state index contributed by atoms with van der Waals surface area (Å²) >= 11 is 3.20. The Morgan fingerprint density at radius 1 is 1.42 bits per heavy atom. The van der Waals surface area contributed by atoms with Crippen LogP contribution in [-0.4, -0.2) is 37.1 Å². The summed E-state index contributed by atoms with van der Waals surface area (Å²) in [6.45, 7) is 2.43. The summed E-state index contributed by atoms with van der Waals surface area (Å²) in [4.78, 5) is 13.6. The number of nitrogens with zero attached hydrogens (tertiary/aromatic N) is 1. The van der Waals surface area contributed by atoms with E-state index in [9.17, 15) is 9.18 Å². The molecule has 1 saturated heterocycles. The minimum Gasteiger partial charge on any atom is -0.380 e. The van der Waals surface area contributed by atoms with Gasteiger partial charge in [-0.15, -0.1) is 0 Å². The number of nitrogens with two attached hydrogens (primary N) is 1. The maximum absolute atomic E-state index is 14.0. The molecule has 0 aromatic heterocycles. The number of hydrogen-bond donors (Lipinski definition) is 1. The van der Waals surface area contributed by atoms with Gasteiger partial charge in [-0.25, -0.2) is 4.39 Å². The molecule has 1 amide bonds. The fourth-order valence-corrected chi connectivity index (χ4v) is 2.61. The minimum absolute atomic E-state index is 0.317. The number of hydrogen-bond acceptors (Lipinski definition) is 3. The van der Waals surface area contributed by atoms with E-state index >= 15 is 0 Å². The molecule has 1 aliphatic rings. The van der Waals surface area contributed by atoms with Crippen molar-refractivity contribution in [3.63, 3.8) is 0 Å². The van der Waals surface area contributed by atoms with E-state index in [1.807, 2.05) is 4.90 Å². The third-order valence-corrected chi connectivity index (χ3v) is 3.64. The lowest BCUT2D eigenvalue weighted by atomic mass is 10.0. The summed E-state index contributed by atoms with van der Waals surface area (Å²) in [5, 5.41) is 0. The van der Waals surface area contributed by atoms with Gasteiger partial charge in [0.1, 0.15) is 11.9 Å². The van der Waals surface area contributed by atoms with Crippen LogP contribution in [0, 0.1) is 5.82 Å². The van der Waals surface area contributed by atoms with Crippen molar-refractivity contribution in [3.05, 3.63) is 34.1 Å². The molecule has 1 unspecified atom stereocenters. The van der Waals surface area contributed by atoms with Gasteiger partial charge in [-0.3, -0.25) is 9.69 Å². The van der Waals surface area contributed by atoms with E-state index in [4.69, 9.17) is 10.5 Å². The first kappa shape index (κ1) is 14.4. The van der Waals surface area contributed by atoms with Gasteiger partial charge in [0.25, 0.3) is 0 Å². The topological polar surface area (TPSA) is 55.6 Å². The van der Waals surface area contributed by atoms with Crippen molar-refractivity contribution in [3.8, 4) is 0 Å². The SMILES string of the molecule is NC(=O)C(c1ccc(Br)cc1F)N1CCCOCC1. The Morgan fingerprint density at radius 3 is 2.89 bits per heavy atom. The van der Waals surface area contributed by atoms with E-state index in [2.05, 4.69) is 15.9 Å². The Kier molecular flexibility index (Phi) is 4.90. The average molecular weight is 331 g/mol. The second-order valence-corrected chi connectivity index (χ2v) is 5.39. The summed E-state index contributed by atoms with van der Waals surface area (Å²) in [6.07, 6.45) is 0.807. The Balaban J connectivity index is 2.30. The van der Waals surface area contributed by atoms with Crippen LogP contribution < -0.4 is 5.73 Å². The zero-order valence-corrected chi connectivity index (χ0v) is 12.0. The molecule has 0 spiro atoms. The third kappa shape index (κ3) is 3.52. The third-order valence-electron chi connectivity index (χ3n) is 3.15. The Labute approximate surface area is 119 Å². The molecule has 4 nitrogen and oxygen atoms in total. The first-order chi connectivity index (χ1) is 9.09. The minimum atomic E-state index is -0.741. The first-order valence-electron chi connectivity index (χ1n) is 6.15. The molecule has 2 N–H and O–H groups in total. The van der Waals surface area contributed by atoms with Crippen LogP contribution in [0.2, 0.25) is 0 Å². The van der Waals surface area contributed by atoms with Crippen LogP contribution in [0.5, 0.6) is 0 Å². The standard InChI is InChI=1S/C13H16BrFN2O2/c14-9-2-3-10(11(15)8-9)12(13(16)18)17-4-1-6-19-7-5-17/h2-3,8,12H,1,4-7H2,(H2,16,18). The summed E-state index contributed by atoms with van der Waals surface area (Å²) in [5.41, 5.74) is 5.77. The van der Waals surface area contributed by atoms with Crippen LogP contribution in [0.3, 0.4) is 0 Å². The van der Waals surface area contributed by atoms with Crippen molar-refractivity contribution in [2.75, 3.05) is 26.3 Å². The second-order valence-electron chi connectivity index (χ2n) is 4.47. The lowest BCUT2D eigenvalue weighted by Crippen LogP contribution is -2.39. The zero-order valence-electron chi connectivity index (χ0n) is 10.4. The number of amides is 1. The summed E-state index contributed by atoms with van der Waals surface area (Å²) in [6, 6.07) is 3.91. The Morgan fingerprint density at radius 2 is 2.21 bits per heavy atom. The molecule has 1 aromatic carbocycles. The van der Waals surface area contributed by atoms with Crippen molar-refractivity contribution in [1.29, 1.82) is 0 Å². The van der Waals surface area contributed by atoms with Gasteiger partial charge >= 0.3 is 0 Å². The molecule has 1 aromatic rings. The Bertz CT molecular complexity index is 462. The van der Waals surface area contributed by atoms with Gasteiger partial charge in [0.05, 0.1) is 6.61 Å². The second kappa shape index (κ2) is 6.45. The van der Waals surface area contributed by atoms with Crippen LogP contribution in [0.25, 0.3) is 0 Å². The quantitative estimate of drug-likeness (QED) is 0.920. The van der Waals surface area contributed by atoms with Crippen LogP contribution >= 0.6 is 15.9 Å². The number of rotatable bonds is 3. The molecule has 0 radical (unpaired) electrons. The van der Waals surface area contributed by atoms with E-state index in [0.29, 0.717) is 36.3 Å². The van der Waals surface area contributed by atoms with Crippen molar-refractivity contribution in [2.24, 2.45) is 5.73 Å². The van der Waals surface area contributed by atoms with Gasteiger partial charge in [-0.2, -0.15) is 0 Å². The number of benzene rings is 1. The van der Waals surface area contributed by atoms with E-state index in [0.717, 1.165) is 6.42 Å². The molecule has 1 heterocycles. The Hall–Kier alpha value is -0.980. The monoisotopic (exact) mass is 330 g/mol. The molecule has 0 saturated carbocycles. The predicted octanol–water partition coefficient (Wildman–Crippen LogP) is 1.84. The molecule has 1 aliphatic heterocycles. The summed E-state index contributed by atoms with van der Waals surface area (Å²) in [7, 11) is 0. The average Bonchev–Trinajstić information content (AvgIpc) is 2.61. The fraction of sp³-hybridized carbons (Fsp3) is 0.462. The molecule has 6 heteroatoms. The zero-order chi connectivity index (χ0) is 13.8. The molecule has 2 rings (SSSR count). The fourth-order valence-electron chi connectivity index (χ4n) is 2.28. The highest BCUT2D eigenvalue weighted by Crippen LogP contribution is 2.26. The van der Waals surface area contributed by atoms with E-state index in [1.165, 1.54) is 6.07 Å². The van der Waals surface area contributed by atoms with Gasteiger partial charge < -0.3 is 10.5 Å². The van der Waals surface area contributed by atoms with Gasteiger partial charge in [-0.1, -0.05) is 22.0 Å². The molecule has 1 atom stereocenters. The number of carbonyl (C=O) groups excluding carboxylic acids is 1. The predicted molar refractivity (Wildman–Crippen MR) is 73.0 cm³/mol. The highest BCUT2D eigenvalue weighted by molar-refractivity contribution is 9.10. The number of primary amides is 1. The van der Waals surface area contributed by atoms with E-state index < -0.39 is 17.8 Å². The molecular weight excluding hydrogens is 315 g/mol. The first-order valence-corrected chi connectivity index (χ1v) is 6.95. The molecular formula is C13H16BrFN2O2. The number of ether oxygens (including phenoxy) is 1. The molecule has 19 heavy (non-hydrogen) atoms. The largest absolute Gasteiger partial charge is 0.380 e. The normalized spacial score (nSPS) is 18.8. The van der Waals surface area contributed by atoms with Crippen molar-refractivity contribution < 1.29 is 13.9 Å². The summed E-state index contributed by atoms with van der Waals surface area (Å²) in [5.74, 6) is -0.966. The molecule has 0 aliphatic carbocycles. The maximum atomic E-state index is 14.0. The maximum Gasteiger partial charge on any atom is 0.239 e. The smallest absolute Gasteiger partial charge is 0.239 e. The van der Waals surface area contributed by atoms with Crippen molar-refractivity contribution >= 4 is 21.8 Å². The highest BCUT2D eigenvalue weighted by atomic mass is 79.9. The van der Waals surface area contributed by atoms with E-state index in [-0.39, 0.29) is 0 Å².